The number of aryl methyl sites for hydroxylation is 2. The lowest BCUT2D eigenvalue weighted by Crippen LogP contribution is -2.41. The summed E-state index contributed by atoms with van der Waals surface area (Å²) in [6, 6.07) is 23.6. The molecular weight excluding hydrogens is 431 g/mol. The maximum Gasteiger partial charge on any atom is 0.495 e. The third kappa shape index (κ3) is 3.53. The number of aromatic nitrogens is 2. The molecule has 1 aliphatic rings. The highest BCUT2D eigenvalue weighted by atomic mass is 16.7. The fourth-order valence-corrected chi connectivity index (χ4v) is 4.98. The predicted molar refractivity (Wildman–Crippen MR) is 145 cm³/mol. The van der Waals surface area contributed by atoms with Crippen molar-refractivity contribution in [3.63, 3.8) is 0 Å². The van der Waals surface area contributed by atoms with Crippen LogP contribution in [0.5, 0.6) is 0 Å². The van der Waals surface area contributed by atoms with E-state index >= 15 is 0 Å². The Morgan fingerprint density at radius 3 is 1.97 bits per heavy atom. The zero-order valence-corrected chi connectivity index (χ0v) is 21.1. The van der Waals surface area contributed by atoms with Crippen LogP contribution in [0.3, 0.4) is 0 Å². The molecule has 4 nitrogen and oxygen atoms in total. The summed E-state index contributed by atoms with van der Waals surface area (Å²) in [6.07, 6.45) is 0. The van der Waals surface area contributed by atoms with Gasteiger partial charge in [-0.1, -0.05) is 48.5 Å². The van der Waals surface area contributed by atoms with E-state index in [0.717, 1.165) is 49.8 Å². The van der Waals surface area contributed by atoms with E-state index in [4.69, 9.17) is 19.3 Å². The second kappa shape index (κ2) is 7.61. The van der Waals surface area contributed by atoms with Crippen molar-refractivity contribution in [2.45, 2.75) is 52.7 Å². The Hall–Kier alpha value is -3.28. The van der Waals surface area contributed by atoms with Crippen molar-refractivity contribution < 1.29 is 9.31 Å². The van der Waals surface area contributed by atoms with Crippen molar-refractivity contribution >= 4 is 45.2 Å². The van der Waals surface area contributed by atoms with Crippen LogP contribution < -0.4 is 5.46 Å². The van der Waals surface area contributed by atoms with Gasteiger partial charge in [0.15, 0.2) is 0 Å². The monoisotopic (exact) mass is 460 g/mol. The number of pyridine rings is 2. The molecule has 0 amide bonds. The normalized spacial score (nSPS) is 17.0. The van der Waals surface area contributed by atoms with Crippen molar-refractivity contribution in [2.75, 3.05) is 0 Å². The third-order valence-corrected chi connectivity index (χ3v) is 7.62. The van der Waals surface area contributed by atoms with Gasteiger partial charge in [0.05, 0.1) is 22.2 Å². The minimum absolute atomic E-state index is 0.422. The maximum absolute atomic E-state index is 6.54. The zero-order chi connectivity index (χ0) is 24.5. The molecule has 1 aliphatic heterocycles. The smallest absolute Gasteiger partial charge is 0.399 e. The fraction of sp³-hybridized carbons (Fsp3) is 0.267. The van der Waals surface area contributed by atoms with Gasteiger partial charge in [-0.25, -0.2) is 0 Å². The van der Waals surface area contributed by atoms with Crippen LogP contribution in [0.4, 0.5) is 0 Å². The van der Waals surface area contributed by atoms with E-state index in [1.807, 2.05) is 19.9 Å². The highest BCUT2D eigenvalue weighted by Gasteiger charge is 2.52. The zero-order valence-electron chi connectivity index (χ0n) is 21.1. The van der Waals surface area contributed by atoms with Crippen LogP contribution in [-0.4, -0.2) is 28.3 Å². The van der Waals surface area contributed by atoms with E-state index in [2.05, 4.69) is 88.4 Å². The molecule has 0 unspecified atom stereocenters. The van der Waals surface area contributed by atoms with E-state index < -0.39 is 18.3 Å². The summed E-state index contributed by atoms with van der Waals surface area (Å²) in [4.78, 5) is 9.80. The molecule has 5 heteroatoms. The lowest BCUT2D eigenvalue weighted by atomic mass is 9.73. The number of nitrogens with zero attached hydrogens (tertiary/aromatic N) is 2. The Kier molecular flexibility index (Phi) is 4.83. The standard InChI is InChI=1S/C30H29BN2O2/c1-18-11-12-20-13-14-23-24(15-19(2)33-28(23)27(20)32-18)25-16-21-9-7-8-10-22(21)17-26(25)31-34-29(3,4)30(5,6)35-31/h7-17H,1-6H3. The van der Waals surface area contributed by atoms with E-state index in [1.54, 1.807) is 0 Å². The molecule has 6 rings (SSSR count). The summed E-state index contributed by atoms with van der Waals surface area (Å²) in [7, 11) is -0.469. The van der Waals surface area contributed by atoms with Crippen molar-refractivity contribution in [1.82, 2.24) is 9.97 Å². The Morgan fingerprint density at radius 1 is 0.629 bits per heavy atom. The van der Waals surface area contributed by atoms with Crippen LogP contribution in [0.25, 0.3) is 43.7 Å². The lowest BCUT2D eigenvalue weighted by molar-refractivity contribution is 0.00578. The van der Waals surface area contributed by atoms with Crippen molar-refractivity contribution in [3.05, 3.63) is 78.1 Å². The molecule has 3 aromatic carbocycles. The number of rotatable bonds is 2. The van der Waals surface area contributed by atoms with Gasteiger partial charge in [0, 0.05) is 22.2 Å². The van der Waals surface area contributed by atoms with Gasteiger partial charge in [-0.3, -0.25) is 9.97 Å². The van der Waals surface area contributed by atoms with Crippen LogP contribution in [-0.2, 0) is 9.31 Å². The van der Waals surface area contributed by atoms with Gasteiger partial charge in [-0.2, -0.15) is 0 Å². The number of fused-ring (bicyclic) bond motifs is 4. The van der Waals surface area contributed by atoms with Crippen molar-refractivity contribution in [3.8, 4) is 11.1 Å². The molecule has 0 spiro atoms. The topological polar surface area (TPSA) is 44.2 Å². The SMILES string of the molecule is Cc1ccc2ccc3c(-c4cc5ccccc5cc4B4OC(C)(C)C(C)(C)O4)cc(C)nc3c2n1. The Labute approximate surface area is 206 Å². The number of hydrogen-bond donors (Lipinski definition) is 0. The average Bonchev–Trinajstić information content (AvgIpc) is 3.04. The molecule has 5 aromatic rings. The molecule has 35 heavy (non-hydrogen) atoms. The molecule has 0 bridgehead atoms. The number of hydrogen-bond acceptors (Lipinski definition) is 4. The molecule has 0 N–H and O–H groups in total. The van der Waals surface area contributed by atoms with Gasteiger partial charge in [-0.05, 0) is 87.1 Å². The fourth-order valence-electron chi connectivity index (χ4n) is 4.98. The third-order valence-electron chi connectivity index (χ3n) is 7.62. The summed E-state index contributed by atoms with van der Waals surface area (Å²) in [5.74, 6) is 0. The van der Waals surface area contributed by atoms with Crippen LogP contribution >= 0.6 is 0 Å². The van der Waals surface area contributed by atoms with Crippen molar-refractivity contribution in [1.29, 1.82) is 0 Å². The maximum atomic E-state index is 6.54. The van der Waals surface area contributed by atoms with Crippen LogP contribution in [0.2, 0.25) is 0 Å². The van der Waals surface area contributed by atoms with E-state index in [1.165, 1.54) is 10.8 Å². The lowest BCUT2D eigenvalue weighted by Gasteiger charge is -2.32. The molecule has 1 fully saturated rings. The summed E-state index contributed by atoms with van der Waals surface area (Å²) < 4.78 is 13.1. The molecule has 0 atom stereocenters. The molecule has 0 radical (unpaired) electrons. The van der Waals surface area contributed by atoms with E-state index in [0.29, 0.717) is 0 Å². The highest BCUT2D eigenvalue weighted by Crippen LogP contribution is 2.39. The summed E-state index contributed by atoms with van der Waals surface area (Å²) in [5, 5.41) is 4.52. The Morgan fingerprint density at radius 2 is 1.26 bits per heavy atom. The minimum Gasteiger partial charge on any atom is -0.399 e. The number of benzene rings is 3. The average molecular weight is 460 g/mol. The molecule has 3 heterocycles. The quantitative estimate of drug-likeness (QED) is 0.222. The van der Waals surface area contributed by atoms with Crippen LogP contribution in [0.15, 0.2) is 66.7 Å². The van der Waals surface area contributed by atoms with Crippen LogP contribution in [0.1, 0.15) is 39.1 Å². The Balaban J connectivity index is 1.67. The molecule has 2 aromatic heterocycles. The molecule has 0 saturated carbocycles. The van der Waals surface area contributed by atoms with Crippen LogP contribution in [0, 0.1) is 13.8 Å². The first-order valence-electron chi connectivity index (χ1n) is 12.2. The van der Waals surface area contributed by atoms with Gasteiger partial charge in [0.1, 0.15) is 0 Å². The molecule has 174 valence electrons. The van der Waals surface area contributed by atoms with Gasteiger partial charge in [-0.15, -0.1) is 0 Å². The Bertz CT molecular complexity index is 1630. The molecular formula is C30H29BN2O2. The summed E-state index contributed by atoms with van der Waals surface area (Å²) in [5.41, 5.74) is 6.21. The predicted octanol–water partition coefficient (Wildman–Crippen LogP) is 6.52. The highest BCUT2D eigenvalue weighted by molar-refractivity contribution is 6.64. The second-order valence-electron chi connectivity index (χ2n) is 10.7. The molecule has 0 aliphatic carbocycles. The minimum atomic E-state index is -0.469. The summed E-state index contributed by atoms with van der Waals surface area (Å²) in [6.45, 7) is 12.5. The van der Waals surface area contributed by atoms with Gasteiger partial charge < -0.3 is 9.31 Å². The van der Waals surface area contributed by atoms with Gasteiger partial charge in [0.2, 0.25) is 0 Å². The van der Waals surface area contributed by atoms with Gasteiger partial charge in [0.25, 0.3) is 0 Å². The summed E-state index contributed by atoms with van der Waals surface area (Å²) >= 11 is 0. The van der Waals surface area contributed by atoms with Gasteiger partial charge >= 0.3 is 7.12 Å². The van der Waals surface area contributed by atoms with E-state index in [9.17, 15) is 0 Å². The first-order chi connectivity index (χ1) is 16.6. The molecule has 1 saturated heterocycles. The second-order valence-corrected chi connectivity index (χ2v) is 10.7. The largest absolute Gasteiger partial charge is 0.495 e. The first-order valence-corrected chi connectivity index (χ1v) is 12.2. The van der Waals surface area contributed by atoms with Crippen molar-refractivity contribution in [2.24, 2.45) is 0 Å². The first kappa shape index (κ1) is 22.2. The van der Waals surface area contributed by atoms with E-state index in [-0.39, 0.29) is 0 Å².